The van der Waals surface area contributed by atoms with Crippen LogP contribution in [0.4, 0.5) is 34.9 Å². The molecule has 2 aliphatic heterocycles. The van der Waals surface area contributed by atoms with Crippen LogP contribution >= 0.6 is 0 Å². The van der Waals surface area contributed by atoms with E-state index in [2.05, 4.69) is 20.6 Å². The Morgan fingerprint density at radius 2 is 1.83 bits per heavy atom. The molecule has 0 amide bonds. The summed E-state index contributed by atoms with van der Waals surface area (Å²) in [6.45, 7) is 6.35. The molecule has 190 valence electrons. The number of ether oxygens (including phenoxy) is 1. The smallest absolute Gasteiger partial charge is 0.228 e. The molecule has 5 rings (SSSR count). The van der Waals surface area contributed by atoms with Gasteiger partial charge in [0.25, 0.3) is 0 Å². The van der Waals surface area contributed by atoms with Crippen molar-refractivity contribution in [3.63, 3.8) is 0 Å². The largest absolute Gasteiger partial charge is 0.486 e. The summed E-state index contributed by atoms with van der Waals surface area (Å²) in [6.07, 6.45) is 2.37. The van der Waals surface area contributed by atoms with Crippen molar-refractivity contribution in [3.05, 3.63) is 59.3 Å². The lowest BCUT2D eigenvalue weighted by atomic mass is 9.89. The zero-order chi connectivity index (χ0) is 25.4. The molecule has 0 aliphatic carbocycles. The predicted molar refractivity (Wildman–Crippen MR) is 130 cm³/mol. The van der Waals surface area contributed by atoms with Gasteiger partial charge >= 0.3 is 0 Å². The first kappa shape index (κ1) is 24.3. The van der Waals surface area contributed by atoms with E-state index < -0.39 is 23.3 Å². The van der Waals surface area contributed by atoms with Crippen molar-refractivity contribution < 1.29 is 22.3 Å². The number of nitrogens with one attached hydrogen (secondary N) is 2. The van der Waals surface area contributed by atoms with Gasteiger partial charge in [0, 0.05) is 11.6 Å². The van der Waals surface area contributed by atoms with E-state index in [1.54, 1.807) is 12.1 Å². The fraction of sp³-hybridized carbons (Fsp3) is 0.385. The van der Waals surface area contributed by atoms with E-state index in [1.807, 2.05) is 18.7 Å². The van der Waals surface area contributed by atoms with E-state index in [9.17, 15) is 17.6 Å². The van der Waals surface area contributed by atoms with Gasteiger partial charge in [0.2, 0.25) is 5.95 Å². The molecule has 3 aromatic rings. The van der Waals surface area contributed by atoms with Gasteiger partial charge in [0.15, 0.2) is 29.0 Å². The summed E-state index contributed by atoms with van der Waals surface area (Å²) in [7, 11) is 0. The van der Waals surface area contributed by atoms with E-state index in [1.165, 1.54) is 6.07 Å². The van der Waals surface area contributed by atoms with E-state index in [-0.39, 0.29) is 40.6 Å². The number of aromatic nitrogens is 2. The Morgan fingerprint density at radius 1 is 1.06 bits per heavy atom. The van der Waals surface area contributed by atoms with Gasteiger partial charge in [-0.15, -0.1) is 0 Å². The third kappa shape index (κ3) is 4.57. The van der Waals surface area contributed by atoms with Gasteiger partial charge in [-0.1, -0.05) is 6.07 Å². The summed E-state index contributed by atoms with van der Waals surface area (Å²) >= 11 is 0. The average Bonchev–Trinajstić information content (AvgIpc) is 2.88. The van der Waals surface area contributed by atoms with Crippen molar-refractivity contribution in [2.45, 2.75) is 38.6 Å². The molecule has 2 N–H and O–H groups in total. The normalized spacial score (nSPS) is 16.1. The van der Waals surface area contributed by atoms with Crippen LogP contribution in [0.15, 0.2) is 30.5 Å². The van der Waals surface area contributed by atoms with Crippen LogP contribution in [0.2, 0.25) is 0 Å². The number of piperidine rings is 1. The van der Waals surface area contributed by atoms with Gasteiger partial charge in [-0.2, -0.15) is 0 Å². The maximum atomic E-state index is 14.9. The summed E-state index contributed by atoms with van der Waals surface area (Å²) in [5.74, 6) is -3.48. The summed E-state index contributed by atoms with van der Waals surface area (Å²) in [5.41, 5.74) is 0.676. The summed E-state index contributed by atoms with van der Waals surface area (Å²) < 4.78 is 64.9. The molecule has 0 spiro atoms. The van der Waals surface area contributed by atoms with E-state index >= 15 is 0 Å². The number of nitrogens with zero attached hydrogens (tertiary/aromatic N) is 3. The Balaban J connectivity index is 1.47. The number of benzene rings is 2. The van der Waals surface area contributed by atoms with Gasteiger partial charge in [-0.05, 0) is 69.5 Å². The molecule has 36 heavy (non-hydrogen) atoms. The van der Waals surface area contributed by atoms with Crippen molar-refractivity contribution in [3.8, 4) is 17.0 Å². The molecule has 2 aliphatic rings. The lowest BCUT2D eigenvalue weighted by Gasteiger charge is -2.34. The zero-order valence-corrected chi connectivity index (χ0v) is 20.0. The highest BCUT2D eigenvalue weighted by Crippen LogP contribution is 2.39. The number of rotatable bonds is 5. The second-order valence-electron chi connectivity index (χ2n) is 9.31. The highest BCUT2D eigenvalue weighted by Gasteiger charge is 2.26. The molecule has 1 fully saturated rings. The minimum absolute atomic E-state index is 0.0586. The molecule has 0 unspecified atom stereocenters. The number of fused-ring (bicyclic) bond motifs is 1. The highest BCUT2D eigenvalue weighted by molar-refractivity contribution is 5.73. The molecule has 0 atom stereocenters. The van der Waals surface area contributed by atoms with E-state index in [4.69, 9.17) is 4.74 Å². The molecule has 0 saturated carbocycles. The highest BCUT2D eigenvalue weighted by atomic mass is 19.2. The van der Waals surface area contributed by atoms with Gasteiger partial charge in [0.05, 0.1) is 24.1 Å². The molecular formula is C26H27F4N5O. The first-order valence-corrected chi connectivity index (χ1v) is 12.0. The minimum atomic E-state index is -1.05. The van der Waals surface area contributed by atoms with E-state index in [0.29, 0.717) is 24.4 Å². The quantitative estimate of drug-likeness (QED) is 0.449. The lowest BCUT2D eigenvalue weighted by molar-refractivity contribution is 0.287. The maximum absolute atomic E-state index is 14.9. The third-order valence-corrected chi connectivity index (χ3v) is 6.69. The Bertz CT molecular complexity index is 1280. The predicted octanol–water partition coefficient (Wildman–Crippen LogP) is 5.52. The molecule has 1 saturated heterocycles. The van der Waals surface area contributed by atoms with Gasteiger partial charge < -0.3 is 20.3 Å². The van der Waals surface area contributed by atoms with E-state index in [0.717, 1.165) is 38.2 Å². The summed E-state index contributed by atoms with van der Waals surface area (Å²) in [6, 6.07) is 5.81. The van der Waals surface area contributed by atoms with Crippen molar-refractivity contribution in [1.82, 2.24) is 15.3 Å². The Kier molecular flexibility index (Phi) is 6.70. The van der Waals surface area contributed by atoms with Crippen LogP contribution in [-0.4, -0.2) is 42.3 Å². The Labute approximate surface area is 206 Å². The summed E-state index contributed by atoms with van der Waals surface area (Å²) in [5, 5.41) is 5.84. The number of anilines is 3. The fourth-order valence-electron chi connectivity index (χ4n) is 4.83. The van der Waals surface area contributed by atoms with Crippen LogP contribution < -0.4 is 20.3 Å². The van der Waals surface area contributed by atoms with Gasteiger partial charge in [0.1, 0.15) is 12.3 Å². The van der Waals surface area contributed by atoms with Crippen molar-refractivity contribution in [2.24, 2.45) is 0 Å². The first-order valence-electron chi connectivity index (χ1n) is 12.0. The van der Waals surface area contributed by atoms with Gasteiger partial charge in [-0.25, -0.2) is 27.5 Å². The number of hydrogen-bond donors (Lipinski definition) is 2. The maximum Gasteiger partial charge on any atom is 0.228 e. The third-order valence-electron chi connectivity index (χ3n) is 6.69. The average molecular weight is 502 g/mol. The fourth-order valence-corrected chi connectivity index (χ4v) is 4.83. The minimum Gasteiger partial charge on any atom is -0.486 e. The molecule has 10 heteroatoms. The van der Waals surface area contributed by atoms with Crippen molar-refractivity contribution in [2.75, 3.05) is 36.5 Å². The second kappa shape index (κ2) is 9.93. The van der Waals surface area contributed by atoms with Crippen molar-refractivity contribution in [1.29, 1.82) is 0 Å². The van der Waals surface area contributed by atoms with Crippen LogP contribution in [0.1, 0.15) is 38.2 Å². The standard InChI is InChI=1S/C26H27F4N5O/c1-14(2)35-9-10-36-25-18(27)11-16(12-21(25)35)24-19(28)13-32-26(34-24)33-20-4-3-17(22(29)23(20)30)15-5-7-31-8-6-15/h3-4,11-15,31H,5-10H2,1-2H3,(H,32,33,34). The van der Waals surface area contributed by atoms with Crippen LogP contribution in [0.25, 0.3) is 11.3 Å². The Hall–Kier alpha value is -3.40. The molecule has 1 aromatic heterocycles. The zero-order valence-electron chi connectivity index (χ0n) is 20.0. The molecular weight excluding hydrogens is 474 g/mol. The lowest BCUT2D eigenvalue weighted by Crippen LogP contribution is -2.38. The van der Waals surface area contributed by atoms with Gasteiger partial charge in [-0.3, -0.25) is 0 Å². The second-order valence-corrected chi connectivity index (χ2v) is 9.31. The molecule has 2 aromatic carbocycles. The topological polar surface area (TPSA) is 62.3 Å². The van der Waals surface area contributed by atoms with Crippen molar-refractivity contribution >= 4 is 17.3 Å². The van der Waals surface area contributed by atoms with Crippen LogP contribution in [0.5, 0.6) is 5.75 Å². The molecule has 0 bridgehead atoms. The number of hydrogen-bond acceptors (Lipinski definition) is 6. The molecule has 6 nitrogen and oxygen atoms in total. The van der Waals surface area contributed by atoms with Crippen LogP contribution in [0, 0.1) is 23.3 Å². The Morgan fingerprint density at radius 3 is 2.58 bits per heavy atom. The molecule has 0 radical (unpaired) electrons. The first-order chi connectivity index (χ1) is 17.3. The SMILES string of the molecule is CC(C)N1CCOc2c(F)cc(-c3nc(Nc4ccc(C5CCNCC5)c(F)c4F)ncc3F)cc21. The van der Waals surface area contributed by atoms with Crippen LogP contribution in [0.3, 0.4) is 0 Å². The number of halogens is 4. The van der Waals surface area contributed by atoms with Crippen LogP contribution in [-0.2, 0) is 0 Å². The summed E-state index contributed by atoms with van der Waals surface area (Å²) in [4.78, 5) is 10.00. The molecule has 3 heterocycles. The monoisotopic (exact) mass is 501 g/mol.